The third-order valence-corrected chi connectivity index (χ3v) is 5.96. The van der Waals surface area contributed by atoms with Gasteiger partial charge in [0.1, 0.15) is 11.6 Å². The Morgan fingerprint density at radius 2 is 1.57 bits per heavy atom. The van der Waals surface area contributed by atoms with Gasteiger partial charge >= 0.3 is 12.1 Å². The molecule has 9 heteroatoms. The first-order chi connectivity index (χ1) is 16.9. The molecule has 0 saturated carbocycles. The number of hydrogen-bond donors (Lipinski definition) is 3. The molecule has 182 valence electrons. The molecule has 9 nitrogen and oxygen atoms in total. The monoisotopic (exact) mass is 474 g/mol. The average molecular weight is 475 g/mol. The highest BCUT2D eigenvalue weighted by atomic mass is 16.5. The van der Waals surface area contributed by atoms with Gasteiger partial charge in [0.15, 0.2) is 0 Å². The van der Waals surface area contributed by atoms with Gasteiger partial charge in [-0.05, 0) is 61.4 Å². The summed E-state index contributed by atoms with van der Waals surface area (Å²) in [5.74, 6) is 1.23. The number of rotatable bonds is 5. The molecule has 3 N–H and O–H groups in total. The second kappa shape index (κ2) is 10.8. The van der Waals surface area contributed by atoms with Crippen LogP contribution in [-0.4, -0.2) is 55.2 Å². The second-order valence-corrected chi connectivity index (χ2v) is 8.35. The van der Waals surface area contributed by atoms with Gasteiger partial charge in [-0.2, -0.15) is 0 Å². The molecule has 1 saturated heterocycles. The van der Waals surface area contributed by atoms with Gasteiger partial charge in [-0.1, -0.05) is 18.2 Å². The van der Waals surface area contributed by atoms with Crippen LogP contribution in [0.1, 0.15) is 11.1 Å². The van der Waals surface area contributed by atoms with Crippen molar-refractivity contribution in [2.75, 3.05) is 54.1 Å². The first-order valence-corrected chi connectivity index (χ1v) is 11.5. The number of anilines is 4. The quantitative estimate of drug-likeness (QED) is 0.498. The van der Waals surface area contributed by atoms with Crippen molar-refractivity contribution in [2.45, 2.75) is 13.8 Å². The zero-order valence-corrected chi connectivity index (χ0v) is 20.2. The Morgan fingerprint density at radius 1 is 0.857 bits per heavy atom. The van der Waals surface area contributed by atoms with Crippen LogP contribution < -0.4 is 25.6 Å². The van der Waals surface area contributed by atoms with Gasteiger partial charge in [0.05, 0.1) is 12.8 Å². The van der Waals surface area contributed by atoms with Crippen molar-refractivity contribution >= 4 is 34.9 Å². The molecule has 35 heavy (non-hydrogen) atoms. The topological polar surface area (TPSA) is 98.8 Å². The van der Waals surface area contributed by atoms with E-state index in [-0.39, 0.29) is 12.1 Å². The van der Waals surface area contributed by atoms with Crippen LogP contribution in [0.15, 0.2) is 60.8 Å². The molecular formula is C26H30N6O3. The summed E-state index contributed by atoms with van der Waals surface area (Å²) in [7, 11) is 1.58. The fraction of sp³-hybridized carbons (Fsp3) is 0.269. The smallest absolute Gasteiger partial charge is 0.323 e. The summed E-state index contributed by atoms with van der Waals surface area (Å²) in [4.78, 5) is 33.3. The van der Waals surface area contributed by atoms with E-state index in [1.165, 1.54) is 0 Å². The lowest BCUT2D eigenvalue weighted by molar-refractivity contribution is 0.208. The molecule has 0 unspecified atom stereocenters. The van der Waals surface area contributed by atoms with E-state index >= 15 is 0 Å². The summed E-state index contributed by atoms with van der Waals surface area (Å²) in [6.45, 7) is 6.50. The maximum atomic E-state index is 12.6. The number of carbonyl (C=O) groups excluding carboxylic acids is 2. The molecule has 1 aliphatic rings. The molecular weight excluding hydrogens is 444 g/mol. The molecule has 4 rings (SSSR count). The number of methoxy groups -OCH3 is 1. The number of amides is 4. The standard InChI is InChI=1S/C26H30N6O3/c1-18-6-4-8-22(23(18)35-3)29-25(33)28-20-9-11-21(12-10-20)31-14-16-32(17-15-31)26(34)30-24-19(2)7-5-13-27-24/h4-13H,14-17H2,1-3H3,(H,27,30,34)(H2,28,29,33). The van der Waals surface area contributed by atoms with Gasteiger partial charge in [-0.25, -0.2) is 14.6 Å². The van der Waals surface area contributed by atoms with Crippen molar-refractivity contribution in [1.82, 2.24) is 9.88 Å². The fourth-order valence-corrected chi connectivity index (χ4v) is 4.03. The molecule has 1 fully saturated rings. The van der Waals surface area contributed by atoms with Crippen molar-refractivity contribution in [3.63, 3.8) is 0 Å². The van der Waals surface area contributed by atoms with Crippen LogP contribution in [0.25, 0.3) is 0 Å². The van der Waals surface area contributed by atoms with Crippen LogP contribution in [0.5, 0.6) is 5.75 Å². The minimum absolute atomic E-state index is 0.137. The van der Waals surface area contributed by atoms with E-state index < -0.39 is 0 Å². The summed E-state index contributed by atoms with van der Waals surface area (Å²) in [6.07, 6.45) is 1.67. The Kier molecular flexibility index (Phi) is 7.35. The summed E-state index contributed by atoms with van der Waals surface area (Å²) in [6, 6.07) is 16.5. The van der Waals surface area contributed by atoms with E-state index in [0.29, 0.717) is 36.0 Å². The largest absolute Gasteiger partial charge is 0.494 e. The number of aryl methyl sites for hydroxylation is 2. The lowest BCUT2D eigenvalue weighted by Gasteiger charge is -2.36. The number of para-hydroxylation sites is 1. The van der Waals surface area contributed by atoms with E-state index in [0.717, 1.165) is 29.9 Å². The molecule has 0 aliphatic carbocycles. The normalized spacial score (nSPS) is 13.2. The Bertz CT molecular complexity index is 1190. The molecule has 1 aromatic heterocycles. The van der Waals surface area contributed by atoms with E-state index in [1.54, 1.807) is 24.3 Å². The number of nitrogens with zero attached hydrogens (tertiary/aromatic N) is 3. The summed E-state index contributed by atoms with van der Waals surface area (Å²) in [5, 5.41) is 8.57. The highest BCUT2D eigenvalue weighted by Crippen LogP contribution is 2.28. The molecule has 2 heterocycles. The lowest BCUT2D eigenvalue weighted by Crippen LogP contribution is -2.50. The van der Waals surface area contributed by atoms with Gasteiger partial charge in [0.25, 0.3) is 0 Å². The van der Waals surface area contributed by atoms with Crippen LogP contribution in [0.2, 0.25) is 0 Å². The van der Waals surface area contributed by atoms with Crippen molar-refractivity contribution in [1.29, 1.82) is 0 Å². The summed E-state index contributed by atoms with van der Waals surface area (Å²) < 4.78 is 5.39. The average Bonchev–Trinajstić information content (AvgIpc) is 2.86. The maximum absolute atomic E-state index is 12.6. The van der Waals surface area contributed by atoms with E-state index in [4.69, 9.17) is 4.74 Å². The molecule has 3 aromatic rings. The van der Waals surface area contributed by atoms with Crippen LogP contribution >= 0.6 is 0 Å². The first kappa shape index (κ1) is 23.9. The number of nitrogens with one attached hydrogen (secondary N) is 3. The van der Waals surface area contributed by atoms with E-state index in [2.05, 4.69) is 25.8 Å². The van der Waals surface area contributed by atoms with Crippen molar-refractivity contribution in [2.24, 2.45) is 0 Å². The predicted octanol–water partition coefficient (Wildman–Crippen LogP) is 4.71. The Hall–Kier alpha value is -4.27. The third kappa shape index (κ3) is 5.81. The fourth-order valence-electron chi connectivity index (χ4n) is 4.03. The van der Waals surface area contributed by atoms with E-state index in [1.807, 2.05) is 62.4 Å². The number of pyridine rings is 1. The highest BCUT2D eigenvalue weighted by molar-refractivity contribution is 6.00. The molecule has 4 amide bonds. The van der Waals surface area contributed by atoms with Crippen LogP contribution in [0.3, 0.4) is 0 Å². The molecule has 0 spiro atoms. The van der Waals surface area contributed by atoms with Crippen molar-refractivity contribution < 1.29 is 14.3 Å². The van der Waals surface area contributed by atoms with Gasteiger partial charge in [0, 0.05) is 43.8 Å². The highest BCUT2D eigenvalue weighted by Gasteiger charge is 2.22. The Morgan fingerprint density at radius 3 is 2.26 bits per heavy atom. The first-order valence-electron chi connectivity index (χ1n) is 11.5. The molecule has 2 aromatic carbocycles. The molecule has 0 bridgehead atoms. The minimum Gasteiger partial charge on any atom is -0.494 e. The van der Waals surface area contributed by atoms with E-state index in [9.17, 15) is 9.59 Å². The lowest BCUT2D eigenvalue weighted by atomic mass is 10.2. The molecule has 0 radical (unpaired) electrons. The number of carbonyl (C=O) groups is 2. The number of benzene rings is 2. The third-order valence-electron chi connectivity index (χ3n) is 5.96. The summed E-state index contributed by atoms with van der Waals surface area (Å²) >= 11 is 0. The van der Waals surface area contributed by atoms with Crippen LogP contribution in [0, 0.1) is 13.8 Å². The zero-order chi connectivity index (χ0) is 24.8. The Balaban J connectivity index is 1.29. The zero-order valence-electron chi connectivity index (χ0n) is 20.2. The number of piperazine rings is 1. The predicted molar refractivity (Wildman–Crippen MR) is 139 cm³/mol. The van der Waals surface area contributed by atoms with Gasteiger partial charge in [0.2, 0.25) is 0 Å². The number of aromatic nitrogens is 1. The Labute approximate surface area is 205 Å². The van der Waals surface area contributed by atoms with Crippen LogP contribution in [0.4, 0.5) is 32.5 Å². The SMILES string of the molecule is COc1c(C)cccc1NC(=O)Nc1ccc(N2CCN(C(=O)Nc3ncccc3C)CC2)cc1. The van der Waals surface area contributed by atoms with Gasteiger partial charge < -0.3 is 25.2 Å². The molecule has 1 aliphatic heterocycles. The molecule has 0 atom stereocenters. The van der Waals surface area contributed by atoms with Crippen LogP contribution in [-0.2, 0) is 0 Å². The van der Waals surface area contributed by atoms with Crippen molar-refractivity contribution in [3.8, 4) is 5.75 Å². The number of hydrogen-bond acceptors (Lipinski definition) is 5. The van der Waals surface area contributed by atoms with Gasteiger partial charge in [-0.3, -0.25) is 5.32 Å². The minimum atomic E-state index is -0.343. The number of urea groups is 2. The van der Waals surface area contributed by atoms with Crippen molar-refractivity contribution in [3.05, 3.63) is 71.9 Å². The maximum Gasteiger partial charge on any atom is 0.323 e. The van der Waals surface area contributed by atoms with Gasteiger partial charge in [-0.15, -0.1) is 0 Å². The second-order valence-electron chi connectivity index (χ2n) is 8.35. The summed E-state index contributed by atoms with van der Waals surface area (Å²) in [5.41, 5.74) is 4.21. The number of ether oxygens (including phenoxy) is 1.